The van der Waals surface area contributed by atoms with E-state index in [1.165, 1.54) is 11.8 Å². The molecule has 1 aliphatic carbocycles. The van der Waals surface area contributed by atoms with Gasteiger partial charge in [-0.2, -0.15) is 0 Å². The standard InChI is InChI=1S/C16H20BNO5S/c18-6-13(8-3-4-22-7-8)24-12-2-1-9-10-5-11(10)17(21)23-15(9)14(12)16(19)20/h1-2,8,10-11,13,21H,3-7,18H2,(H,19,20)/t8?,10-,11-,13+/m1/s1. The van der Waals surface area contributed by atoms with Gasteiger partial charge in [-0.25, -0.2) is 4.79 Å². The van der Waals surface area contributed by atoms with E-state index >= 15 is 0 Å². The fourth-order valence-corrected chi connectivity index (χ4v) is 5.02. The van der Waals surface area contributed by atoms with Gasteiger partial charge < -0.3 is 25.3 Å². The van der Waals surface area contributed by atoms with Crippen LogP contribution in [0.1, 0.15) is 34.7 Å². The summed E-state index contributed by atoms with van der Waals surface area (Å²) in [6.45, 7) is 1.86. The molecule has 0 aromatic heterocycles. The molecule has 128 valence electrons. The summed E-state index contributed by atoms with van der Waals surface area (Å²) in [4.78, 5) is 12.5. The van der Waals surface area contributed by atoms with E-state index < -0.39 is 13.1 Å². The molecule has 1 saturated heterocycles. The van der Waals surface area contributed by atoms with Crippen LogP contribution in [0.2, 0.25) is 5.82 Å². The van der Waals surface area contributed by atoms with Crippen LogP contribution in [0.15, 0.2) is 17.0 Å². The van der Waals surface area contributed by atoms with Crippen molar-refractivity contribution in [3.63, 3.8) is 0 Å². The topological polar surface area (TPSA) is 102 Å². The second-order valence-corrected chi connectivity index (χ2v) is 7.97. The quantitative estimate of drug-likeness (QED) is 0.548. The van der Waals surface area contributed by atoms with E-state index in [1.807, 2.05) is 12.1 Å². The van der Waals surface area contributed by atoms with Crippen LogP contribution < -0.4 is 10.4 Å². The Bertz CT molecular complexity index is 666. The van der Waals surface area contributed by atoms with E-state index in [1.54, 1.807) is 0 Å². The predicted molar refractivity (Wildman–Crippen MR) is 90.7 cm³/mol. The normalized spacial score (nSPS) is 28.8. The van der Waals surface area contributed by atoms with Crippen LogP contribution in [0.3, 0.4) is 0 Å². The third kappa shape index (κ3) is 2.71. The number of carboxylic acid groups (broad SMARTS) is 1. The molecule has 0 spiro atoms. The van der Waals surface area contributed by atoms with Crippen LogP contribution in [0.4, 0.5) is 0 Å². The van der Waals surface area contributed by atoms with Crippen molar-refractivity contribution in [1.29, 1.82) is 0 Å². The predicted octanol–water partition coefficient (Wildman–Crippen LogP) is 1.57. The lowest BCUT2D eigenvalue weighted by molar-refractivity contribution is 0.0690. The van der Waals surface area contributed by atoms with Crippen LogP contribution in [-0.4, -0.2) is 48.2 Å². The average Bonchev–Trinajstić information content (AvgIpc) is 3.19. The highest BCUT2D eigenvalue weighted by Crippen LogP contribution is 2.60. The smallest absolute Gasteiger partial charge is 0.526 e. The molecule has 2 aliphatic heterocycles. The van der Waals surface area contributed by atoms with Gasteiger partial charge in [0.2, 0.25) is 0 Å². The maximum Gasteiger partial charge on any atom is 0.526 e. The molecule has 8 heteroatoms. The summed E-state index contributed by atoms with van der Waals surface area (Å²) in [6.07, 6.45) is 1.80. The number of nitrogens with two attached hydrogens (primary N) is 1. The third-order valence-corrected chi connectivity index (χ3v) is 6.68. The lowest BCUT2D eigenvalue weighted by atomic mass is 9.77. The van der Waals surface area contributed by atoms with Crippen molar-refractivity contribution in [3.8, 4) is 5.75 Å². The Kier molecular flexibility index (Phi) is 4.24. The summed E-state index contributed by atoms with van der Waals surface area (Å²) in [5.74, 6) is -0.0483. The zero-order chi connectivity index (χ0) is 16.8. The SMILES string of the molecule is NC[C@H](Sc1ccc2c(c1C(=O)O)OB(O)[C@@H]1C[C@H]21)C1CCOC1. The second-order valence-electron chi connectivity index (χ2n) is 6.69. The van der Waals surface area contributed by atoms with Crippen LogP contribution in [-0.2, 0) is 4.74 Å². The molecule has 2 fully saturated rings. The summed E-state index contributed by atoms with van der Waals surface area (Å²) in [5.41, 5.74) is 6.98. The van der Waals surface area contributed by atoms with E-state index in [2.05, 4.69) is 0 Å². The molecule has 4 N–H and O–H groups in total. The van der Waals surface area contributed by atoms with E-state index in [0.717, 1.165) is 25.0 Å². The fourth-order valence-electron chi connectivity index (χ4n) is 3.74. The van der Waals surface area contributed by atoms with Crippen LogP contribution in [0, 0.1) is 5.92 Å². The highest BCUT2D eigenvalue weighted by molar-refractivity contribution is 8.00. The molecular formula is C16H20BNO5S. The van der Waals surface area contributed by atoms with Crippen molar-refractivity contribution < 1.29 is 24.3 Å². The van der Waals surface area contributed by atoms with Crippen molar-refractivity contribution in [2.24, 2.45) is 11.7 Å². The first-order chi connectivity index (χ1) is 11.6. The first-order valence-corrected chi connectivity index (χ1v) is 9.17. The van der Waals surface area contributed by atoms with E-state index in [9.17, 15) is 14.9 Å². The number of thioether (sulfide) groups is 1. The summed E-state index contributed by atoms with van der Waals surface area (Å²) in [7, 11) is -0.908. The first-order valence-electron chi connectivity index (χ1n) is 8.29. The monoisotopic (exact) mass is 349 g/mol. The van der Waals surface area contributed by atoms with Gasteiger partial charge in [0, 0.05) is 29.1 Å². The molecule has 3 aliphatic rings. The molecule has 1 saturated carbocycles. The summed E-state index contributed by atoms with van der Waals surface area (Å²) in [6, 6.07) is 3.81. The molecule has 6 nitrogen and oxygen atoms in total. The zero-order valence-electron chi connectivity index (χ0n) is 13.2. The number of benzene rings is 1. The minimum absolute atomic E-state index is 0.102. The van der Waals surface area contributed by atoms with Gasteiger partial charge in [0.15, 0.2) is 0 Å². The number of fused-ring (bicyclic) bond motifs is 3. The second kappa shape index (κ2) is 6.26. The highest BCUT2D eigenvalue weighted by atomic mass is 32.2. The highest BCUT2D eigenvalue weighted by Gasteiger charge is 2.54. The molecule has 2 heterocycles. The first kappa shape index (κ1) is 16.3. The van der Waals surface area contributed by atoms with E-state index in [0.29, 0.717) is 29.7 Å². The Morgan fingerprint density at radius 1 is 1.50 bits per heavy atom. The molecule has 1 aromatic rings. The molecule has 4 rings (SSSR count). The molecule has 24 heavy (non-hydrogen) atoms. The van der Waals surface area contributed by atoms with Crippen molar-refractivity contribution in [2.45, 2.75) is 34.7 Å². The molecular weight excluding hydrogens is 329 g/mol. The number of aromatic carboxylic acids is 1. The Labute approximate surface area is 144 Å². The Morgan fingerprint density at radius 2 is 2.33 bits per heavy atom. The van der Waals surface area contributed by atoms with E-state index in [4.69, 9.17) is 15.1 Å². The maximum atomic E-state index is 11.9. The minimum Gasteiger partial charge on any atom is -0.535 e. The minimum atomic E-state index is -1.03. The molecule has 0 amide bonds. The van der Waals surface area contributed by atoms with Crippen molar-refractivity contribution in [3.05, 3.63) is 23.3 Å². The van der Waals surface area contributed by atoms with Gasteiger partial charge >= 0.3 is 13.1 Å². The largest absolute Gasteiger partial charge is 0.535 e. The Morgan fingerprint density at radius 3 is 3.00 bits per heavy atom. The lowest BCUT2D eigenvalue weighted by Crippen LogP contribution is -2.28. The molecule has 1 unspecified atom stereocenters. The van der Waals surface area contributed by atoms with E-state index in [-0.39, 0.29) is 22.5 Å². The number of carboxylic acids is 1. The molecule has 0 bridgehead atoms. The number of carbonyl (C=O) groups is 1. The van der Waals surface area contributed by atoms with Gasteiger partial charge in [0.25, 0.3) is 0 Å². The fraction of sp³-hybridized carbons (Fsp3) is 0.562. The van der Waals surface area contributed by atoms with Crippen molar-refractivity contribution >= 4 is 24.8 Å². The molecule has 1 aromatic carbocycles. The van der Waals surface area contributed by atoms with Gasteiger partial charge in [0.1, 0.15) is 11.3 Å². The van der Waals surface area contributed by atoms with Gasteiger partial charge in [0.05, 0.1) is 6.61 Å². The third-order valence-electron chi connectivity index (χ3n) is 5.21. The van der Waals surface area contributed by atoms with Crippen molar-refractivity contribution in [1.82, 2.24) is 0 Å². The Balaban J connectivity index is 1.68. The number of rotatable bonds is 5. The van der Waals surface area contributed by atoms with Crippen LogP contribution in [0.5, 0.6) is 5.75 Å². The molecule has 0 radical (unpaired) electrons. The Hall–Kier alpha value is -1.22. The van der Waals surface area contributed by atoms with Gasteiger partial charge in [-0.05, 0) is 36.3 Å². The van der Waals surface area contributed by atoms with Gasteiger partial charge in [-0.3, -0.25) is 0 Å². The zero-order valence-corrected chi connectivity index (χ0v) is 14.0. The van der Waals surface area contributed by atoms with Crippen molar-refractivity contribution in [2.75, 3.05) is 19.8 Å². The van der Waals surface area contributed by atoms with Gasteiger partial charge in [-0.1, -0.05) is 6.07 Å². The number of hydrogen-bond donors (Lipinski definition) is 3. The summed E-state index contributed by atoms with van der Waals surface area (Å²) >= 11 is 1.48. The van der Waals surface area contributed by atoms with Crippen LogP contribution >= 0.6 is 11.8 Å². The molecule has 4 atom stereocenters. The summed E-state index contributed by atoms with van der Waals surface area (Å²) in [5, 5.41) is 19.8. The maximum absolute atomic E-state index is 11.9. The summed E-state index contributed by atoms with van der Waals surface area (Å²) < 4.78 is 11.0. The lowest BCUT2D eigenvalue weighted by Gasteiger charge is -2.25. The number of ether oxygens (including phenoxy) is 1. The average molecular weight is 349 g/mol. The number of hydrogen-bond acceptors (Lipinski definition) is 6. The van der Waals surface area contributed by atoms with Crippen LogP contribution in [0.25, 0.3) is 0 Å². The van der Waals surface area contributed by atoms with Gasteiger partial charge in [-0.15, -0.1) is 11.8 Å².